The lowest BCUT2D eigenvalue weighted by Gasteiger charge is -2.44. The molecule has 0 aliphatic heterocycles. The quantitative estimate of drug-likeness (QED) is 0.222. The Kier molecular flexibility index (Phi) is 7.79. The van der Waals surface area contributed by atoms with Gasteiger partial charge in [0.25, 0.3) is 0 Å². The fourth-order valence-corrected chi connectivity index (χ4v) is 4.81. The van der Waals surface area contributed by atoms with Gasteiger partial charge in [0.05, 0.1) is 22.3 Å². The Morgan fingerprint density at radius 1 is 0.368 bits per heavy atom. The molecule has 4 aromatic carbocycles. The molecule has 0 aliphatic rings. The molecule has 0 bridgehead atoms. The first-order valence-electron chi connectivity index (χ1n) is 11.2. The van der Waals surface area contributed by atoms with E-state index in [9.17, 15) is 39.6 Å². The number of carbonyl (C=O) groups is 4. The Morgan fingerprint density at radius 2 is 0.526 bits per heavy atom. The molecule has 0 aromatic heterocycles. The Hall–Kier alpha value is -5.22. The summed E-state index contributed by atoms with van der Waals surface area (Å²) in [6.07, 6.45) is -2.13. The van der Waals surface area contributed by atoms with Gasteiger partial charge in [-0.15, -0.1) is 0 Å². The molecule has 0 atom stereocenters. The Morgan fingerprint density at radius 3 is 0.658 bits per heavy atom. The summed E-state index contributed by atoms with van der Waals surface area (Å²) >= 11 is 0. The van der Waals surface area contributed by atoms with Crippen LogP contribution in [0.2, 0.25) is 0 Å². The molecule has 0 aliphatic carbocycles. The number of hydrogen-bond acceptors (Lipinski definition) is 4. The van der Waals surface area contributed by atoms with Crippen LogP contribution < -0.4 is 28.0 Å². The van der Waals surface area contributed by atoms with Crippen molar-refractivity contribution in [2.24, 2.45) is 0 Å². The summed E-state index contributed by atoms with van der Waals surface area (Å²) in [7, 11) is 0. The summed E-state index contributed by atoms with van der Waals surface area (Å²) < 4.78 is 0. The predicted octanol–water partition coefficient (Wildman–Crippen LogP) is 2.23. The van der Waals surface area contributed by atoms with E-state index in [-0.39, 0.29) is 28.4 Å². The third-order valence-corrected chi connectivity index (χ3v) is 6.63. The van der Waals surface area contributed by atoms with Crippen molar-refractivity contribution in [1.29, 1.82) is 0 Å². The fourth-order valence-electron chi connectivity index (χ4n) is 4.81. The average molecular weight is 513 g/mol. The van der Waals surface area contributed by atoms with Gasteiger partial charge in [0.2, 0.25) is 0 Å². The summed E-state index contributed by atoms with van der Waals surface area (Å²) in [5, 5.41) is 37.7. The summed E-state index contributed by atoms with van der Waals surface area (Å²) in [4.78, 5) is 46.1. The third kappa shape index (κ3) is 4.88. The van der Waals surface area contributed by atoms with Crippen LogP contribution in [0.15, 0.2) is 97.1 Å². The topological polar surface area (TPSA) is 186 Å². The Bertz CT molecular complexity index is 1260. The van der Waals surface area contributed by atoms with E-state index in [0.717, 1.165) is 0 Å². The average Bonchev–Trinajstić information content (AvgIpc) is 2.90. The van der Waals surface area contributed by atoms with Gasteiger partial charge in [0, 0.05) is 0 Å². The molecule has 0 heterocycles. The predicted molar refractivity (Wildman–Crippen MR) is 144 cm³/mol. The molecule has 192 valence electrons. The van der Waals surface area contributed by atoms with Gasteiger partial charge in [-0.25, -0.2) is 19.2 Å². The van der Waals surface area contributed by atoms with Gasteiger partial charge in [0.1, 0.15) is 6.15 Å². The molecular weight excluding hydrogens is 489 g/mol. The van der Waals surface area contributed by atoms with Gasteiger partial charge in [-0.05, 0) is 0 Å². The van der Waals surface area contributed by atoms with E-state index >= 15 is 0 Å². The molecule has 10 heteroatoms. The van der Waals surface area contributed by atoms with Crippen LogP contribution in [-0.4, -0.2) is 50.4 Å². The van der Waals surface area contributed by atoms with E-state index in [1.807, 2.05) is 0 Å². The van der Waals surface area contributed by atoms with E-state index in [0.29, 0.717) is 21.9 Å². The molecule has 4 rings (SSSR count). The van der Waals surface area contributed by atoms with E-state index in [1.165, 1.54) is 48.5 Å². The molecule has 0 saturated heterocycles. The molecule has 0 amide bonds. The van der Waals surface area contributed by atoms with Crippen LogP contribution in [0.25, 0.3) is 0 Å². The van der Waals surface area contributed by atoms with Crippen molar-refractivity contribution >= 4 is 51.9 Å². The van der Waals surface area contributed by atoms with Crippen LogP contribution in [0.3, 0.4) is 0 Å². The first-order valence-corrected chi connectivity index (χ1v) is 11.2. The zero-order valence-electron chi connectivity index (χ0n) is 20.2. The minimum atomic E-state index is -2.13. The minimum absolute atomic E-state index is 0. The summed E-state index contributed by atoms with van der Waals surface area (Å²) in [6, 6.07) is 24.9. The second-order valence-corrected chi connectivity index (χ2v) is 8.57. The number of quaternary nitrogens is 1. The van der Waals surface area contributed by atoms with Gasteiger partial charge >= 0.3 is 23.9 Å². The van der Waals surface area contributed by atoms with Gasteiger partial charge in [-0.1, -0.05) is 97.1 Å². The smallest absolute Gasteiger partial charge is 0.335 e. The molecule has 8 N–H and O–H groups in total. The van der Waals surface area contributed by atoms with Crippen molar-refractivity contribution in [3.8, 4) is 0 Å². The number of benzene rings is 4. The van der Waals surface area contributed by atoms with Crippen molar-refractivity contribution < 1.29 is 39.6 Å². The summed E-state index contributed by atoms with van der Waals surface area (Å²) in [5.41, 5.74) is 2.93. The van der Waals surface area contributed by atoms with Crippen LogP contribution >= 0.6 is 0 Å². The van der Waals surface area contributed by atoms with Crippen LogP contribution in [0.5, 0.6) is 0 Å². The number of aromatic carboxylic acids is 4. The van der Waals surface area contributed by atoms with E-state index in [4.69, 9.17) is 0 Å². The number of carboxylic acids is 4. The molecule has 38 heavy (non-hydrogen) atoms. The Balaban J connectivity index is 0.00000400. The lowest BCUT2D eigenvalue weighted by Crippen LogP contribution is -2.74. The van der Waals surface area contributed by atoms with Gasteiger partial charge in [-0.2, -0.15) is 21.9 Å². The fraction of sp³-hybridized carbons (Fsp3) is 0. The van der Waals surface area contributed by atoms with Crippen molar-refractivity contribution in [1.82, 2.24) is 6.15 Å². The van der Waals surface area contributed by atoms with Crippen molar-refractivity contribution in [3.05, 3.63) is 119 Å². The SMILES string of the molecule is O=C(O)c1ccc([B-](c2ccc(C(=O)O)cc2)(c2ccc(C(=O)O)cc2)c2ccc(C(=O)O)cc2)cc1.[NH4+]. The highest BCUT2D eigenvalue weighted by Gasteiger charge is 2.32. The van der Waals surface area contributed by atoms with Gasteiger partial charge in [0.15, 0.2) is 0 Å². The molecular formula is C28H24BNO8. The molecule has 0 fully saturated rings. The molecule has 4 aromatic rings. The van der Waals surface area contributed by atoms with Crippen LogP contribution in [-0.2, 0) is 0 Å². The second-order valence-electron chi connectivity index (χ2n) is 8.57. The van der Waals surface area contributed by atoms with Crippen molar-refractivity contribution in [2.75, 3.05) is 0 Å². The second kappa shape index (κ2) is 10.8. The Labute approximate surface area is 217 Å². The minimum Gasteiger partial charge on any atom is -0.478 e. The van der Waals surface area contributed by atoms with E-state index in [1.54, 1.807) is 48.5 Å². The molecule has 9 nitrogen and oxygen atoms in total. The van der Waals surface area contributed by atoms with E-state index < -0.39 is 30.0 Å². The highest BCUT2D eigenvalue weighted by molar-refractivity contribution is 7.19. The van der Waals surface area contributed by atoms with Crippen LogP contribution in [0.4, 0.5) is 0 Å². The zero-order chi connectivity index (χ0) is 26.7. The summed E-state index contributed by atoms with van der Waals surface area (Å²) in [6.45, 7) is 0. The molecule has 0 saturated carbocycles. The van der Waals surface area contributed by atoms with Crippen LogP contribution in [0.1, 0.15) is 41.4 Å². The highest BCUT2D eigenvalue weighted by Crippen LogP contribution is 2.13. The number of rotatable bonds is 8. The first kappa shape index (κ1) is 27.4. The van der Waals surface area contributed by atoms with Gasteiger partial charge in [-0.3, -0.25) is 0 Å². The molecule has 0 radical (unpaired) electrons. The number of hydrogen-bond donors (Lipinski definition) is 5. The lowest BCUT2D eigenvalue weighted by molar-refractivity contribution is 0.0686. The maximum absolute atomic E-state index is 11.5. The maximum atomic E-state index is 11.5. The zero-order valence-corrected chi connectivity index (χ0v) is 20.2. The largest absolute Gasteiger partial charge is 0.478 e. The standard InChI is InChI=1S/C28H20BO8.H3N/c30-25(31)17-1-9-21(10-2-17)29(22-11-3-18(4-12-22)26(32)33,23-13-5-19(6-14-23)27(34)35)24-15-7-20(8-16-24)28(36)37;/h1-16H,(H,30,31)(H,32,33)(H,34,35)(H,36,37);1H3/q-1;/p+1. The van der Waals surface area contributed by atoms with Crippen molar-refractivity contribution in [2.45, 2.75) is 0 Å². The normalized spacial score (nSPS) is 10.7. The maximum Gasteiger partial charge on any atom is 0.335 e. The monoisotopic (exact) mass is 513 g/mol. The van der Waals surface area contributed by atoms with Crippen LogP contribution in [0, 0.1) is 0 Å². The van der Waals surface area contributed by atoms with Crippen molar-refractivity contribution in [3.63, 3.8) is 0 Å². The molecule has 0 spiro atoms. The van der Waals surface area contributed by atoms with Gasteiger partial charge < -0.3 is 26.6 Å². The third-order valence-electron chi connectivity index (χ3n) is 6.63. The lowest BCUT2D eigenvalue weighted by atomic mass is 9.13. The highest BCUT2D eigenvalue weighted by atomic mass is 16.4. The van der Waals surface area contributed by atoms with E-state index in [2.05, 4.69) is 0 Å². The first-order chi connectivity index (χ1) is 17.6. The number of carboxylic acid groups (broad SMARTS) is 4. The summed E-state index contributed by atoms with van der Waals surface area (Å²) in [5.74, 6) is -4.42. The molecule has 0 unspecified atom stereocenters.